The molecule has 0 saturated heterocycles. The number of hydrogen-bond donors (Lipinski definition) is 0. The second-order valence-electron chi connectivity index (χ2n) is 12.0. The van der Waals surface area contributed by atoms with Crippen LogP contribution >= 0.6 is 0 Å². The minimum absolute atomic E-state index is 0.549. The quantitative estimate of drug-likeness (QED) is 0.183. The summed E-state index contributed by atoms with van der Waals surface area (Å²) < 4.78 is 4.53. The Morgan fingerprint density at radius 1 is 0.479 bits per heavy atom. The van der Waals surface area contributed by atoms with E-state index in [2.05, 4.69) is 135 Å². The minimum atomic E-state index is 0.549. The Hall–Kier alpha value is -6.88. The van der Waals surface area contributed by atoms with Gasteiger partial charge in [0.05, 0.1) is 40.3 Å². The number of benzene rings is 7. The Labute approximate surface area is 277 Å². The molecule has 9 rings (SSSR count). The predicted octanol–water partition coefficient (Wildman–Crippen LogP) is 11.6. The zero-order valence-electron chi connectivity index (χ0n) is 25.8. The molecule has 0 fully saturated rings. The number of nitriles is 1. The van der Waals surface area contributed by atoms with E-state index in [0.717, 1.165) is 66.5 Å². The highest BCUT2D eigenvalue weighted by molar-refractivity contribution is 6.10. The van der Waals surface area contributed by atoms with Gasteiger partial charge in [0, 0.05) is 44.0 Å². The molecular weight excluding hydrogens is 585 g/mol. The fourth-order valence-electron chi connectivity index (χ4n) is 7.26. The van der Waals surface area contributed by atoms with Gasteiger partial charge in [0.15, 0.2) is 5.69 Å². The molecule has 0 saturated carbocycles. The Balaban J connectivity index is 1.21. The third kappa shape index (κ3) is 4.14. The maximum Gasteiger partial charge on any atom is 0.189 e. The van der Waals surface area contributed by atoms with Gasteiger partial charge in [-0.2, -0.15) is 5.26 Å². The first-order valence-corrected chi connectivity index (χ1v) is 15.9. The molecule has 0 spiro atoms. The molecule has 0 atom stereocenters. The monoisotopic (exact) mass is 610 g/mol. The number of rotatable bonds is 4. The summed E-state index contributed by atoms with van der Waals surface area (Å²) in [6, 6.07) is 56.6. The van der Waals surface area contributed by atoms with Crippen molar-refractivity contribution in [1.82, 2.24) is 9.13 Å². The standard InChI is InChI=1S/C44H26N4/c1-46-32-22-24-39(44(27-32)48-42-19-8-4-15-37(42)38-16-5-9-20-43(38)48)34-23-21-30(25-31(34)28-45)29-11-10-12-33(26-29)47-40-17-6-2-13-35(40)36-14-3-7-18-41(36)47/h2-27H. The molecule has 0 radical (unpaired) electrons. The second-order valence-corrected chi connectivity index (χ2v) is 12.0. The van der Waals surface area contributed by atoms with Crippen molar-refractivity contribution < 1.29 is 0 Å². The smallest absolute Gasteiger partial charge is 0.189 e. The molecule has 7 aromatic carbocycles. The van der Waals surface area contributed by atoms with E-state index in [9.17, 15) is 5.26 Å². The van der Waals surface area contributed by atoms with Crippen molar-refractivity contribution in [3.05, 3.63) is 175 Å². The lowest BCUT2D eigenvalue weighted by Crippen LogP contribution is -1.98. The number of aromatic nitrogens is 2. The lowest BCUT2D eigenvalue weighted by atomic mass is 9.94. The summed E-state index contributed by atoms with van der Waals surface area (Å²) in [4.78, 5) is 3.77. The highest BCUT2D eigenvalue weighted by Gasteiger charge is 2.19. The fourth-order valence-corrected chi connectivity index (χ4v) is 7.26. The molecule has 2 aromatic heterocycles. The number of hydrogen-bond acceptors (Lipinski definition) is 1. The molecule has 48 heavy (non-hydrogen) atoms. The minimum Gasteiger partial charge on any atom is -0.310 e. The van der Waals surface area contributed by atoms with Crippen molar-refractivity contribution in [3.63, 3.8) is 0 Å². The van der Waals surface area contributed by atoms with Gasteiger partial charge in [-0.3, -0.25) is 0 Å². The molecule has 0 aliphatic heterocycles. The van der Waals surface area contributed by atoms with Crippen molar-refractivity contribution in [2.75, 3.05) is 0 Å². The normalized spacial score (nSPS) is 11.3. The van der Waals surface area contributed by atoms with Gasteiger partial charge in [0.2, 0.25) is 0 Å². The molecule has 0 aliphatic rings. The number of fused-ring (bicyclic) bond motifs is 6. The maximum atomic E-state index is 10.5. The lowest BCUT2D eigenvalue weighted by molar-refractivity contribution is 1.18. The van der Waals surface area contributed by atoms with Crippen LogP contribution < -0.4 is 0 Å². The first kappa shape index (κ1) is 27.4. The van der Waals surface area contributed by atoms with Crippen LogP contribution in [0.5, 0.6) is 0 Å². The molecule has 0 amide bonds. The van der Waals surface area contributed by atoms with Gasteiger partial charge in [-0.1, -0.05) is 109 Å². The van der Waals surface area contributed by atoms with E-state index in [4.69, 9.17) is 6.57 Å². The third-order valence-corrected chi connectivity index (χ3v) is 9.38. The molecular formula is C44H26N4. The fraction of sp³-hybridized carbons (Fsp3) is 0. The van der Waals surface area contributed by atoms with Crippen molar-refractivity contribution in [2.24, 2.45) is 0 Å². The van der Waals surface area contributed by atoms with Crippen LogP contribution in [-0.4, -0.2) is 9.13 Å². The molecule has 4 heteroatoms. The molecule has 0 bridgehead atoms. The molecule has 0 aliphatic carbocycles. The number of nitrogens with zero attached hydrogens (tertiary/aromatic N) is 4. The molecule has 222 valence electrons. The summed E-state index contributed by atoms with van der Waals surface area (Å²) in [6.45, 7) is 7.79. The summed E-state index contributed by atoms with van der Waals surface area (Å²) in [7, 11) is 0. The highest BCUT2D eigenvalue weighted by atomic mass is 15.0. The zero-order valence-corrected chi connectivity index (χ0v) is 25.8. The first-order chi connectivity index (χ1) is 23.7. The average molecular weight is 611 g/mol. The van der Waals surface area contributed by atoms with Crippen LogP contribution in [0.25, 0.3) is 82.1 Å². The topological polar surface area (TPSA) is 38.0 Å². The van der Waals surface area contributed by atoms with Crippen LogP contribution in [0.4, 0.5) is 5.69 Å². The van der Waals surface area contributed by atoms with Gasteiger partial charge in [-0.25, -0.2) is 4.85 Å². The van der Waals surface area contributed by atoms with E-state index in [1.165, 1.54) is 10.8 Å². The van der Waals surface area contributed by atoms with Gasteiger partial charge >= 0.3 is 0 Å². The van der Waals surface area contributed by atoms with Gasteiger partial charge in [-0.15, -0.1) is 0 Å². The van der Waals surface area contributed by atoms with Crippen LogP contribution in [0.1, 0.15) is 5.56 Å². The van der Waals surface area contributed by atoms with Crippen LogP contribution in [0.3, 0.4) is 0 Å². The van der Waals surface area contributed by atoms with Gasteiger partial charge < -0.3 is 9.13 Å². The Morgan fingerprint density at radius 2 is 1.00 bits per heavy atom. The van der Waals surface area contributed by atoms with E-state index in [1.54, 1.807) is 0 Å². The van der Waals surface area contributed by atoms with Crippen LogP contribution in [0, 0.1) is 17.9 Å². The van der Waals surface area contributed by atoms with E-state index >= 15 is 0 Å². The van der Waals surface area contributed by atoms with Crippen molar-refractivity contribution in [1.29, 1.82) is 5.26 Å². The van der Waals surface area contributed by atoms with E-state index in [1.807, 2.05) is 42.5 Å². The zero-order chi connectivity index (χ0) is 32.2. The van der Waals surface area contributed by atoms with Crippen molar-refractivity contribution >= 4 is 49.3 Å². The third-order valence-electron chi connectivity index (χ3n) is 9.38. The van der Waals surface area contributed by atoms with Gasteiger partial charge in [0.1, 0.15) is 0 Å². The SMILES string of the molecule is [C-]#[N+]c1ccc(-c2ccc(-c3cccc(-n4c5ccccc5c5ccccc54)c3)cc2C#N)c(-n2c3ccccc3c3ccccc32)c1. The van der Waals surface area contributed by atoms with Crippen molar-refractivity contribution in [2.45, 2.75) is 0 Å². The Bertz CT molecular complexity index is 2710. The maximum absolute atomic E-state index is 10.5. The summed E-state index contributed by atoms with van der Waals surface area (Å²) >= 11 is 0. The van der Waals surface area contributed by atoms with Gasteiger partial charge in [0.25, 0.3) is 0 Å². The first-order valence-electron chi connectivity index (χ1n) is 15.9. The molecule has 0 unspecified atom stereocenters. The molecule has 2 heterocycles. The highest BCUT2D eigenvalue weighted by Crippen LogP contribution is 2.40. The van der Waals surface area contributed by atoms with Crippen LogP contribution in [0.2, 0.25) is 0 Å². The average Bonchev–Trinajstić information content (AvgIpc) is 3.67. The summed E-state index contributed by atoms with van der Waals surface area (Å²) in [5.74, 6) is 0. The summed E-state index contributed by atoms with van der Waals surface area (Å²) in [5.41, 5.74) is 11.2. The van der Waals surface area contributed by atoms with E-state index < -0.39 is 0 Å². The van der Waals surface area contributed by atoms with E-state index in [0.29, 0.717) is 11.3 Å². The van der Waals surface area contributed by atoms with Crippen LogP contribution in [0.15, 0.2) is 158 Å². The Morgan fingerprint density at radius 3 is 1.56 bits per heavy atom. The Kier molecular flexibility index (Phi) is 6.22. The van der Waals surface area contributed by atoms with E-state index in [-0.39, 0.29) is 0 Å². The lowest BCUT2D eigenvalue weighted by Gasteiger charge is -2.16. The van der Waals surface area contributed by atoms with Crippen molar-refractivity contribution in [3.8, 4) is 39.7 Å². The predicted molar refractivity (Wildman–Crippen MR) is 197 cm³/mol. The number of para-hydroxylation sites is 4. The van der Waals surface area contributed by atoms with Crippen LogP contribution in [-0.2, 0) is 0 Å². The largest absolute Gasteiger partial charge is 0.310 e. The summed E-state index contributed by atoms with van der Waals surface area (Å²) in [6.07, 6.45) is 0. The second kappa shape index (κ2) is 10.9. The summed E-state index contributed by atoms with van der Waals surface area (Å²) in [5, 5.41) is 15.3. The van der Waals surface area contributed by atoms with Gasteiger partial charge in [-0.05, 0) is 59.7 Å². The molecule has 9 aromatic rings. The molecule has 0 N–H and O–H groups in total. The molecule has 4 nitrogen and oxygen atoms in total.